The van der Waals surface area contributed by atoms with Gasteiger partial charge in [0.1, 0.15) is 11.5 Å². The van der Waals surface area contributed by atoms with Gasteiger partial charge in [-0.2, -0.15) is 0 Å². The van der Waals surface area contributed by atoms with Crippen LogP contribution in [0.5, 0.6) is 23.0 Å². The zero-order chi connectivity index (χ0) is 21.0. The van der Waals surface area contributed by atoms with E-state index >= 15 is 0 Å². The van der Waals surface area contributed by atoms with Gasteiger partial charge < -0.3 is 24.3 Å². The van der Waals surface area contributed by atoms with Crippen molar-refractivity contribution in [1.29, 1.82) is 0 Å². The maximum atomic E-state index is 13.2. The summed E-state index contributed by atoms with van der Waals surface area (Å²) in [6.07, 6.45) is 0.761. The van der Waals surface area contributed by atoms with Gasteiger partial charge >= 0.3 is 0 Å². The van der Waals surface area contributed by atoms with Crippen molar-refractivity contribution in [3.8, 4) is 23.0 Å². The Morgan fingerprint density at radius 1 is 1.03 bits per heavy atom. The van der Waals surface area contributed by atoms with E-state index in [-0.39, 0.29) is 5.91 Å². The first kappa shape index (κ1) is 20.8. The van der Waals surface area contributed by atoms with E-state index in [2.05, 4.69) is 10.2 Å². The van der Waals surface area contributed by atoms with Crippen molar-refractivity contribution in [2.24, 2.45) is 0 Å². The molecule has 1 saturated heterocycles. The first-order chi connectivity index (χ1) is 14.0. The van der Waals surface area contributed by atoms with E-state index in [0.717, 1.165) is 18.5 Å². The molecule has 1 aliphatic rings. The van der Waals surface area contributed by atoms with Crippen LogP contribution in [0, 0.1) is 0 Å². The molecule has 156 valence electrons. The lowest BCUT2D eigenvalue weighted by Gasteiger charge is -2.49. The van der Waals surface area contributed by atoms with Crippen molar-refractivity contribution in [1.82, 2.24) is 4.90 Å². The highest BCUT2D eigenvalue weighted by atomic mass is 16.5. The fourth-order valence-corrected chi connectivity index (χ4v) is 3.57. The molecule has 1 atom stereocenters. The van der Waals surface area contributed by atoms with Crippen LogP contribution in [0.25, 0.3) is 0 Å². The smallest absolute Gasteiger partial charge is 0.244 e. The lowest BCUT2D eigenvalue weighted by Crippen LogP contribution is -2.63. The quantitative estimate of drug-likeness (QED) is 0.733. The number of anilines is 1. The van der Waals surface area contributed by atoms with Crippen LogP contribution < -0.4 is 24.3 Å². The Balaban J connectivity index is 1.79. The lowest BCUT2D eigenvalue weighted by molar-refractivity contribution is -0.136. The number of nitrogens with one attached hydrogen (secondary N) is 1. The second kappa shape index (κ2) is 8.61. The van der Waals surface area contributed by atoms with Gasteiger partial charge in [-0.25, -0.2) is 0 Å². The Kier molecular flexibility index (Phi) is 6.17. The van der Waals surface area contributed by atoms with E-state index < -0.39 is 5.54 Å². The van der Waals surface area contributed by atoms with Crippen molar-refractivity contribution in [3.63, 3.8) is 0 Å². The molecule has 0 spiro atoms. The summed E-state index contributed by atoms with van der Waals surface area (Å²) in [6, 6.07) is 11.1. The number of para-hydroxylation sites is 1. The van der Waals surface area contributed by atoms with Gasteiger partial charge in [0.05, 0.1) is 39.7 Å². The van der Waals surface area contributed by atoms with Gasteiger partial charge in [-0.05, 0) is 31.5 Å². The van der Waals surface area contributed by atoms with Gasteiger partial charge in [0.2, 0.25) is 5.91 Å². The number of ether oxygens (including phenoxy) is 4. The minimum Gasteiger partial charge on any atom is -0.497 e. The molecular weight excluding hydrogens is 372 g/mol. The van der Waals surface area contributed by atoms with Crippen LogP contribution in [-0.4, -0.2) is 51.3 Å². The predicted molar refractivity (Wildman–Crippen MR) is 111 cm³/mol. The molecule has 0 radical (unpaired) electrons. The Morgan fingerprint density at radius 3 is 2.38 bits per heavy atom. The molecule has 1 unspecified atom stereocenters. The number of hydrogen-bond donors (Lipinski definition) is 1. The summed E-state index contributed by atoms with van der Waals surface area (Å²) < 4.78 is 21.6. The molecule has 0 bridgehead atoms. The molecule has 1 N–H and O–H groups in total. The number of carbonyl (C=O) groups is 1. The summed E-state index contributed by atoms with van der Waals surface area (Å²) in [5, 5.41) is 3.00. The number of carbonyl (C=O) groups excluding carboxylic acids is 1. The number of rotatable bonds is 8. The van der Waals surface area contributed by atoms with Crippen molar-refractivity contribution >= 4 is 11.6 Å². The van der Waals surface area contributed by atoms with E-state index in [0.29, 0.717) is 35.2 Å². The molecule has 1 heterocycles. The Labute approximate surface area is 171 Å². The van der Waals surface area contributed by atoms with Crippen molar-refractivity contribution in [3.05, 3.63) is 42.0 Å². The van der Waals surface area contributed by atoms with Gasteiger partial charge in [0.15, 0.2) is 11.5 Å². The highest BCUT2D eigenvalue weighted by Crippen LogP contribution is 2.38. The molecule has 0 aliphatic carbocycles. The standard InChI is InChI=1S/C22H28N2O5/c1-22(21(25)23-17-13-16(26-2)9-10-18(17)27-3)11-12-24(22)14-15-7-6-8-19(28-4)20(15)29-5/h6-10,13H,11-12,14H2,1-5H3,(H,23,25). The normalized spacial score (nSPS) is 18.5. The maximum Gasteiger partial charge on any atom is 0.244 e. The third kappa shape index (κ3) is 3.96. The van der Waals surface area contributed by atoms with E-state index in [1.165, 1.54) is 0 Å². The molecule has 29 heavy (non-hydrogen) atoms. The molecule has 3 rings (SSSR count). The van der Waals surface area contributed by atoms with Crippen LogP contribution >= 0.6 is 0 Å². The van der Waals surface area contributed by atoms with E-state index in [1.807, 2.05) is 25.1 Å². The predicted octanol–water partition coefficient (Wildman–Crippen LogP) is 3.32. The highest BCUT2D eigenvalue weighted by Gasteiger charge is 2.47. The van der Waals surface area contributed by atoms with Crippen LogP contribution in [0.3, 0.4) is 0 Å². The fraction of sp³-hybridized carbons (Fsp3) is 0.409. The van der Waals surface area contributed by atoms with E-state index in [9.17, 15) is 4.79 Å². The number of methoxy groups -OCH3 is 4. The third-order valence-electron chi connectivity index (χ3n) is 5.56. The maximum absolute atomic E-state index is 13.2. The van der Waals surface area contributed by atoms with E-state index in [4.69, 9.17) is 18.9 Å². The summed E-state index contributed by atoms with van der Waals surface area (Å²) >= 11 is 0. The first-order valence-corrected chi connectivity index (χ1v) is 9.45. The minimum atomic E-state index is -0.637. The monoisotopic (exact) mass is 400 g/mol. The van der Waals surface area contributed by atoms with Crippen LogP contribution in [0.4, 0.5) is 5.69 Å². The largest absolute Gasteiger partial charge is 0.497 e. The van der Waals surface area contributed by atoms with Gasteiger partial charge in [-0.15, -0.1) is 0 Å². The Hall–Kier alpha value is -2.93. The van der Waals surface area contributed by atoms with Crippen LogP contribution in [0.2, 0.25) is 0 Å². The average molecular weight is 400 g/mol. The van der Waals surface area contributed by atoms with Crippen LogP contribution in [0.1, 0.15) is 18.9 Å². The number of amides is 1. The highest BCUT2D eigenvalue weighted by molar-refractivity contribution is 5.99. The molecular formula is C22H28N2O5. The summed E-state index contributed by atoms with van der Waals surface area (Å²) in [5.74, 6) is 2.52. The van der Waals surface area contributed by atoms with Crippen molar-refractivity contribution < 1.29 is 23.7 Å². The molecule has 2 aromatic carbocycles. The van der Waals surface area contributed by atoms with Gasteiger partial charge in [0.25, 0.3) is 0 Å². The molecule has 7 heteroatoms. The number of nitrogens with zero attached hydrogens (tertiary/aromatic N) is 1. The van der Waals surface area contributed by atoms with Gasteiger partial charge in [-0.1, -0.05) is 12.1 Å². The fourth-order valence-electron chi connectivity index (χ4n) is 3.57. The van der Waals surface area contributed by atoms with Crippen molar-refractivity contribution in [2.75, 3.05) is 40.3 Å². The number of likely N-dealkylation sites (tertiary alicyclic amines) is 1. The van der Waals surface area contributed by atoms with Gasteiger partial charge in [0, 0.05) is 24.7 Å². The summed E-state index contributed by atoms with van der Waals surface area (Å²) in [7, 11) is 6.40. The molecule has 1 fully saturated rings. The topological polar surface area (TPSA) is 69.3 Å². The molecule has 1 aliphatic heterocycles. The van der Waals surface area contributed by atoms with Crippen LogP contribution in [0.15, 0.2) is 36.4 Å². The average Bonchev–Trinajstić information content (AvgIpc) is 2.75. The molecule has 0 aromatic heterocycles. The zero-order valence-electron chi connectivity index (χ0n) is 17.6. The SMILES string of the molecule is COc1ccc(OC)c(NC(=O)C2(C)CCN2Cc2cccc(OC)c2OC)c1. The van der Waals surface area contributed by atoms with E-state index in [1.54, 1.807) is 46.6 Å². The zero-order valence-corrected chi connectivity index (χ0v) is 17.6. The molecule has 2 aromatic rings. The van der Waals surface area contributed by atoms with Crippen LogP contribution in [-0.2, 0) is 11.3 Å². The summed E-state index contributed by atoms with van der Waals surface area (Å²) in [4.78, 5) is 15.3. The second-order valence-electron chi connectivity index (χ2n) is 7.12. The lowest BCUT2D eigenvalue weighted by atomic mass is 9.85. The molecule has 0 saturated carbocycles. The Bertz CT molecular complexity index is 886. The third-order valence-corrected chi connectivity index (χ3v) is 5.56. The molecule has 7 nitrogen and oxygen atoms in total. The summed E-state index contributed by atoms with van der Waals surface area (Å²) in [5.41, 5.74) is 0.927. The van der Waals surface area contributed by atoms with Crippen molar-refractivity contribution in [2.45, 2.75) is 25.4 Å². The minimum absolute atomic E-state index is 0.0860. The van der Waals surface area contributed by atoms with Gasteiger partial charge in [-0.3, -0.25) is 9.69 Å². The molecule has 1 amide bonds. The second-order valence-corrected chi connectivity index (χ2v) is 7.12. The Morgan fingerprint density at radius 2 is 1.79 bits per heavy atom. The first-order valence-electron chi connectivity index (χ1n) is 9.45. The number of benzene rings is 2. The number of hydrogen-bond acceptors (Lipinski definition) is 6. The summed E-state index contributed by atoms with van der Waals surface area (Å²) in [6.45, 7) is 3.35.